The van der Waals surface area contributed by atoms with Crippen molar-refractivity contribution in [3.63, 3.8) is 0 Å². The zero-order valence-electron chi connectivity index (χ0n) is 12.4. The topological polar surface area (TPSA) is 25.2 Å². The van der Waals surface area contributed by atoms with Crippen molar-refractivity contribution in [1.82, 2.24) is 5.32 Å². The van der Waals surface area contributed by atoms with E-state index < -0.39 is 0 Å². The van der Waals surface area contributed by atoms with Gasteiger partial charge in [0, 0.05) is 5.39 Å². The van der Waals surface area contributed by atoms with Crippen molar-refractivity contribution in [3.05, 3.63) is 35.8 Å². The molecule has 112 valence electrons. The van der Waals surface area contributed by atoms with Gasteiger partial charge >= 0.3 is 0 Å². The molecule has 2 bridgehead atoms. The van der Waals surface area contributed by atoms with Crippen LogP contribution >= 0.6 is 0 Å². The first-order chi connectivity index (χ1) is 10.2. The Morgan fingerprint density at radius 3 is 2.90 bits per heavy atom. The normalized spacial score (nSPS) is 29.3. The first-order valence-corrected chi connectivity index (χ1v) is 8.10. The Bertz CT molecular complexity index is 650. The highest BCUT2D eigenvalue weighted by Crippen LogP contribution is 2.51. The predicted molar refractivity (Wildman–Crippen MR) is 81.5 cm³/mol. The number of furan rings is 1. The molecule has 2 aromatic rings. The van der Waals surface area contributed by atoms with E-state index in [4.69, 9.17) is 4.42 Å². The molecule has 1 aromatic carbocycles. The SMILES string of the molecule is CNC(CC1CC2CCC1C2)c1cc2cccc(F)c2o1. The fourth-order valence-corrected chi connectivity index (χ4v) is 4.56. The third-order valence-corrected chi connectivity index (χ3v) is 5.63. The lowest BCUT2D eigenvalue weighted by atomic mass is 9.84. The minimum atomic E-state index is -0.270. The van der Waals surface area contributed by atoms with Gasteiger partial charge < -0.3 is 9.73 Å². The molecule has 0 saturated heterocycles. The van der Waals surface area contributed by atoms with E-state index >= 15 is 0 Å². The molecule has 4 atom stereocenters. The standard InChI is InChI=1S/C18H22FNO/c1-20-16(9-14-8-11-5-6-12(14)7-11)17-10-13-3-2-4-15(19)18(13)21-17/h2-4,10-12,14,16,20H,5-9H2,1H3. The maximum atomic E-state index is 13.8. The summed E-state index contributed by atoms with van der Waals surface area (Å²) < 4.78 is 19.6. The molecule has 1 N–H and O–H groups in total. The fourth-order valence-electron chi connectivity index (χ4n) is 4.56. The van der Waals surface area contributed by atoms with Gasteiger partial charge in [-0.05, 0) is 62.6 Å². The highest BCUT2D eigenvalue weighted by Gasteiger charge is 2.40. The molecule has 2 fully saturated rings. The molecule has 0 amide bonds. The summed E-state index contributed by atoms with van der Waals surface area (Å²) in [5.74, 6) is 3.28. The number of halogens is 1. The third kappa shape index (κ3) is 2.28. The van der Waals surface area contributed by atoms with Gasteiger partial charge in [0.15, 0.2) is 11.4 Å². The zero-order valence-corrected chi connectivity index (χ0v) is 12.4. The van der Waals surface area contributed by atoms with Gasteiger partial charge in [-0.1, -0.05) is 18.6 Å². The van der Waals surface area contributed by atoms with E-state index in [9.17, 15) is 4.39 Å². The fraction of sp³-hybridized carbons (Fsp3) is 0.556. The summed E-state index contributed by atoms with van der Waals surface area (Å²) in [4.78, 5) is 0. The Morgan fingerprint density at radius 1 is 1.33 bits per heavy atom. The molecule has 0 aliphatic heterocycles. The van der Waals surface area contributed by atoms with Gasteiger partial charge in [0.2, 0.25) is 0 Å². The number of hydrogen-bond acceptors (Lipinski definition) is 2. The molecule has 0 spiro atoms. The van der Waals surface area contributed by atoms with Crippen molar-refractivity contribution in [2.24, 2.45) is 17.8 Å². The van der Waals surface area contributed by atoms with E-state index in [-0.39, 0.29) is 11.9 Å². The number of fused-ring (bicyclic) bond motifs is 3. The maximum absolute atomic E-state index is 13.8. The smallest absolute Gasteiger partial charge is 0.169 e. The third-order valence-electron chi connectivity index (χ3n) is 5.63. The van der Waals surface area contributed by atoms with E-state index in [2.05, 4.69) is 5.32 Å². The van der Waals surface area contributed by atoms with Gasteiger partial charge in [0.25, 0.3) is 0 Å². The van der Waals surface area contributed by atoms with E-state index in [1.807, 2.05) is 19.2 Å². The van der Waals surface area contributed by atoms with Crippen LogP contribution in [0.1, 0.15) is 43.9 Å². The molecular formula is C18H22FNO. The highest BCUT2D eigenvalue weighted by atomic mass is 19.1. The zero-order chi connectivity index (χ0) is 14.4. The first-order valence-electron chi connectivity index (χ1n) is 8.10. The van der Waals surface area contributed by atoms with Crippen LogP contribution in [0.5, 0.6) is 0 Å². The Hall–Kier alpha value is -1.35. The van der Waals surface area contributed by atoms with Crippen LogP contribution in [0.2, 0.25) is 0 Å². The summed E-state index contributed by atoms with van der Waals surface area (Å²) in [6.45, 7) is 0. The maximum Gasteiger partial charge on any atom is 0.169 e. The van der Waals surface area contributed by atoms with Gasteiger partial charge in [0.1, 0.15) is 5.76 Å². The second-order valence-corrected chi connectivity index (χ2v) is 6.82. The molecule has 2 nitrogen and oxygen atoms in total. The number of benzene rings is 1. The van der Waals surface area contributed by atoms with Crippen molar-refractivity contribution in [3.8, 4) is 0 Å². The minimum Gasteiger partial charge on any atom is -0.456 e. The van der Waals surface area contributed by atoms with Crippen LogP contribution in [0.15, 0.2) is 28.7 Å². The molecule has 2 saturated carbocycles. The summed E-state index contributed by atoms with van der Waals surface area (Å²) in [5, 5.41) is 4.23. The van der Waals surface area contributed by atoms with Crippen LogP contribution in [0.3, 0.4) is 0 Å². The molecule has 1 heterocycles. The Labute approximate surface area is 124 Å². The number of hydrogen-bond donors (Lipinski definition) is 1. The van der Waals surface area contributed by atoms with Crippen LogP contribution in [-0.4, -0.2) is 7.05 Å². The van der Waals surface area contributed by atoms with Gasteiger partial charge in [0.05, 0.1) is 6.04 Å². The lowest BCUT2D eigenvalue weighted by Crippen LogP contribution is -2.22. The van der Waals surface area contributed by atoms with Crippen LogP contribution in [-0.2, 0) is 0 Å². The first kappa shape index (κ1) is 13.3. The average Bonchev–Trinajstić information content (AvgIpc) is 3.19. The summed E-state index contributed by atoms with van der Waals surface area (Å²) in [6, 6.07) is 7.30. The molecule has 21 heavy (non-hydrogen) atoms. The summed E-state index contributed by atoms with van der Waals surface area (Å²) in [5.41, 5.74) is 0.390. The lowest BCUT2D eigenvalue weighted by molar-refractivity contribution is 0.270. The average molecular weight is 287 g/mol. The van der Waals surface area contributed by atoms with Gasteiger partial charge in [-0.3, -0.25) is 0 Å². The number of rotatable bonds is 4. The second-order valence-electron chi connectivity index (χ2n) is 6.82. The molecule has 3 heteroatoms. The Morgan fingerprint density at radius 2 is 2.24 bits per heavy atom. The van der Waals surface area contributed by atoms with Gasteiger partial charge in [-0.2, -0.15) is 0 Å². The van der Waals surface area contributed by atoms with Gasteiger partial charge in [-0.15, -0.1) is 0 Å². The van der Waals surface area contributed by atoms with Crippen molar-refractivity contribution in [2.45, 2.75) is 38.1 Å². The largest absolute Gasteiger partial charge is 0.456 e. The predicted octanol–water partition coefficient (Wildman–Crippen LogP) is 4.66. The van der Waals surface area contributed by atoms with E-state index in [0.717, 1.165) is 35.3 Å². The number of nitrogens with one attached hydrogen (secondary N) is 1. The summed E-state index contributed by atoms with van der Waals surface area (Å²) in [6.07, 6.45) is 6.74. The monoisotopic (exact) mass is 287 g/mol. The molecule has 2 aliphatic rings. The van der Waals surface area contributed by atoms with Crippen LogP contribution in [0.4, 0.5) is 4.39 Å². The molecule has 2 aliphatic carbocycles. The summed E-state index contributed by atoms with van der Waals surface area (Å²) >= 11 is 0. The molecule has 4 rings (SSSR count). The van der Waals surface area contributed by atoms with Crippen LogP contribution in [0.25, 0.3) is 11.0 Å². The van der Waals surface area contributed by atoms with E-state index in [0.29, 0.717) is 5.58 Å². The Kier molecular flexibility index (Phi) is 3.26. The number of para-hydroxylation sites is 1. The second kappa shape index (κ2) is 5.13. The molecular weight excluding hydrogens is 265 g/mol. The molecule has 4 unspecified atom stereocenters. The van der Waals surface area contributed by atoms with Crippen molar-refractivity contribution < 1.29 is 8.81 Å². The van der Waals surface area contributed by atoms with Gasteiger partial charge in [-0.25, -0.2) is 4.39 Å². The van der Waals surface area contributed by atoms with Crippen molar-refractivity contribution >= 4 is 11.0 Å². The minimum absolute atomic E-state index is 0.196. The van der Waals surface area contributed by atoms with Crippen LogP contribution < -0.4 is 5.32 Å². The van der Waals surface area contributed by atoms with Crippen LogP contribution in [0, 0.1) is 23.6 Å². The quantitative estimate of drug-likeness (QED) is 0.884. The van der Waals surface area contributed by atoms with Crippen molar-refractivity contribution in [2.75, 3.05) is 7.05 Å². The molecule has 0 radical (unpaired) electrons. The van der Waals surface area contributed by atoms with E-state index in [1.54, 1.807) is 6.07 Å². The van der Waals surface area contributed by atoms with E-state index in [1.165, 1.54) is 31.7 Å². The van der Waals surface area contributed by atoms with Crippen molar-refractivity contribution in [1.29, 1.82) is 0 Å². The molecule has 1 aromatic heterocycles. The highest BCUT2D eigenvalue weighted by molar-refractivity contribution is 5.78. The summed E-state index contributed by atoms with van der Waals surface area (Å²) in [7, 11) is 1.97. The lowest BCUT2D eigenvalue weighted by Gasteiger charge is -2.25. The Balaban J connectivity index is 1.58.